The molecule has 0 saturated carbocycles. The largest absolute Gasteiger partial charge is 0.643 e. The number of likely N-dealkylation sites (N-methyl/N-ethyl adjacent to an activating group) is 4. The van der Waals surface area contributed by atoms with Crippen LogP contribution < -0.4 is 9.47 Å². The van der Waals surface area contributed by atoms with Crippen LogP contribution in [0.1, 0.15) is 109 Å². The van der Waals surface area contributed by atoms with E-state index in [0.29, 0.717) is 24.0 Å². The number of ketones is 1. The van der Waals surface area contributed by atoms with Gasteiger partial charge < -0.3 is 62.3 Å². The number of rotatable bonds is 24. The molecule has 4 heterocycles. The van der Waals surface area contributed by atoms with Gasteiger partial charge in [0.2, 0.25) is 0 Å². The number of fused-ring (bicyclic) bond motifs is 12. The van der Waals surface area contributed by atoms with Gasteiger partial charge >= 0.3 is 32.5 Å². The fraction of sp³-hybridized carbons (Fsp3) is 0.348. The number of phenols is 2. The van der Waals surface area contributed by atoms with Crippen molar-refractivity contribution in [2.75, 3.05) is 85.6 Å². The molecule has 0 amide bonds. The molecule has 0 radical (unpaired) electrons. The van der Waals surface area contributed by atoms with Crippen molar-refractivity contribution in [3.05, 3.63) is 210 Å². The van der Waals surface area contributed by atoms with E-state index in [4.69, 9.17) is 41.0 Å². The number of halogens is 6. The number of aromatic nitrogens is 4. The normalized spacial score (nSPS) is 10.8. The maximum Gasteiger partial charge on any atom is 0.643 e. The van der Waals surface area contributed by atoms with Crippen LogP contribution in [-0.2, 0) is 45.3 Å². The van der Waals surface area contributed by atoms with Crippen molar-refractivity contribution < 1.29 is 49.9 Å². The maximum absolute atomic E-state index is 11.8. The quantitative estimate of drug-likeness (QED) is 0.0110. The first-order valence-corrected chi connectivity index (χ1v) is 47.1. The van der Waals surface area contributed by atoms with Gasteiger partial charge in [0, 0.05) is 176 Å². The first-order valence-electron chi connectivity index (χ1n) is 39.8. The average Bonchev–Trinajstić information content (AvgIpc) is 1.63. The third-order valence-corrected chi connectivity index (χ3v) is 19.4. The van der Waals surface area contributed by atoms with E-state index in [1.54, 1.807) is 44.4 Å². The monoisotopic (exact) mass is 1860 g/mol. The molecule has 4 aromatic heterocycles. The van der Waals surface area contributed by atoms with E-state index in [1.165, 1.54) is 94.2 Å². The average molecular weight is 1870 g/mol. The number of nitro groups is 1. The summed E-state index contributed by atoms with van der Waals surface area (Å²) < 4.78 is 30.5. The van der Waals surface area contributed by atoms with Crippen LogP contribution >= 0.6 is 77.4 Å². The molecule has 20 nitrogen and oxygen atoms in total. The molecular weight excluding hydrogens is 1750 g/mol. The number of ether oxygens (including phenoxy) is 3. The van der Waals surface area contributed by atoms with Gasteiger partial charge in [0.25, 0.3) is 5.69 Å². The Labute approximate surface area is 732 Å². The number of para-hydroxylation sites is 5. The predicted molar refractivity (Wildman–Crippen MR) is 503 cm³/mol. The minimum atomic E-state index is -1.72. The third kappa shape index (κ3) is 30.0. The summed E-state index contributed by atoms with van der Waals surface area (Å²) in [6, 6.07) is 63.2. The minimum absolute atomic E-state index is 0.0573. The highest BCUT2D eigenvalue weighted by molar-refractivity contribution is 9.69. The van der Waals surface area contributed by atoms with Crippen LogP contribution in [0.15, 0.2) is 194 Å². The number of benzene rings is 9. The van der Waals surface area contributed by atoms with Crippen molar-refractivity contribution in [2.24, 2.45) is 0 Å². The molecule has 9 aromatic carbocycles. The van der Waals surface area contributed by atoms with E-state index in [-0.39, 0.29) is 26.4 Å². The summed E-state index contributed by atoms with van der Waals surface area (Å²) in [6.07, 6.45) is 0. The zero-order valence-electron chi connectivity index (χ0n) is 70.5. The number of phenolic OH excluding ortho intramolecular Hbond substituents is 2. The molecule has 0 saturated heterocycles. The lowest BCUT2D eigenvalue weighted by atomic mass is 10.1. The fourth-order valence-corrected chi connectivity index (χ4v) is 13.7. The Hall–Kier alpha value is -7.99. The highest BCUT2D eigenvalue weighted by atomic mass is 79.9. The van der Waals surface area contributed by atoms with Crippen molar-refractivity contribution in [1.29, 1.82) is 0 Å². The number of hydrogen-bond donors (Lipinski definition) is 2. The van der Waals surface area contributed by atoms with Gasteiger partial charge in [-0.1, -0.05) is 160 Å². The second kappa shape index (κ2) is 52.1. The number of nitrogens with zero attached hydrogens (tertiary/aromatic N) is 9. The van der Waals surface area contributed by atoms with E-state index in [1.807, 2.05) is 54.6 Å². The number of Topliss-reactive ketones (excluding diaryl/α,β-unsaturated/α-hetero) is 1. The SMILES string of the molecule is BrB(Br)Br.CC(=O)OC(C)=O.CCN(CC)CCn1c2ccccc2c2cc(C(C)=O)c(O)cc21.CCN(CC)CCn1c2ccccc2c2ccc(O)cc21.CCN(CC)CCn1c2ccccc2c2ccc(OC(C)=O)cc21.CCN(CC)CCn1c2ccccc2c2ccc(OC)cc21.O=[N+]([O-])c1ccccc1.[2H]CC.[Cl][Al]([Cl])[Cl]. The van der Waals surface area contributed by atoms with Crippen LogP contribution in [0.3, 0.4) is 0 Å². The number of non-ortho nitro benzene ring substituents is 1. The Morgan fingerprint density at radius 3 is 1.03 bits per heavy atom. The summed E-state index contributed by atoms with van der Waals surface area (Å²) in [5.74, 6) is 0.368. The lowest BCUT2D eigenvalue weighted by molar-refractivity contribution is -0.384. The molecular formula is C89H111AlBBr3Cl3N9O11. The summed E-state index contributed by atoms with van der Waals surface area (Å²) >= 11 is 7.59. The molecule has 13 rings (SSSR count). The van der Waals surface area contributed by atoms with Crippen molar-refractivity contribution in [1.82, 2.24) is 37.9 Å². The zero-order valence-corrected chi connectivity index (χ0v) is 77.7. The molecule has 117 heavy (non-hydrogen) atoms. The molecule has 0 bridgehead atoms. The Morgan fingerprint density at radius 2 is 0.735 bits per heavy atom. The van der Waals surface area contributed by atoms with Crippen LogP contribution in [0.25, 0.3) is 87.2 Å². The molecule has 0 unspecified atom stereocenters. The van der Waals surface area contributed by atoms with Crippen molar-refractivity contribution in [2.45, 2.75) is 123 Å². The van der Waals surface area contributed by atoms with Gasteiger partial charge in [-0.15, -0.1) is 47.3 Å². The van der Waals surface area contributed by atoms with Crippen LogP contribution in [0.4, 0.5) is 5.69 Å². The zero-order chi connectivity index (χ0) is 87.1. The van der Waals surface area contributed by atoms with Gasteiger partial charge in [0.15, 0.2) is 5.78 Å². The van der Waals surface area contributed by atoms with E-state index in [2.05, 4.69) is 242 Å². The molecule has 0 aliphatic heterocycles. The maximum atomic E-state index is 11.8. The van der Waals surface area contributed by atoms with Crippen molar-refractivity contribution in [3.63, 3.8) is 0 Å². The lowest BCUT2D eigenvalue weighted by Gasteiger charge is -2.19. The molecule has 0 fully saturated rings. The summed E-state index contributed by atoms with van der Waals surface area (Å²) in [5.41, 5.74) is 9.89. The van der Waals surface area contributed by atoms with Crippen LogP contribution in [-0.4, -0.2) is 177 Å². The van der Waals surface area contributed by atoms with Gasteiger partial charge in [0.05, 0.1) is 39.7 Å². The standard InChI is InChI=1S/2C20H24N2O2.C19H24N2O.C18H22N2O.C6H5NO2.C4H6O3.C2H6.Al.BBr3.3ClH/c1-4-21(5-2)10-11-22-18-9-7-6-8-15(18)17-12-16(14(3)23)20(24)13-19(17)22;1-4-21(5-2)12-13-22-19-9-7-6-8-17(19)18-11-10-16(14-20(18)22)24-15(3)23;1-4-20(5-2)12-13-21-18-9-7-6-8-16(18)17-11-10-15(22-3)14-19(17)21;1-3-19(4-2)11-12-20-17-8-6-5-7-15(17)16-10-9-14(21)13-18(16)20;8-7(9)6-4-2-1-3-5-6;1-3(5)7-4(2)6;1-2;;2-1(3)4;;;/h6-9,12-13,24H,4-5,10-11H2,1-3H3;6-11,14H,4-5,12-13H2,1-3H3;6-11,14H,4-5,12-13H2,1-3H3;5-10,13,21H,3-4,11-12H2,1-2H3;1-5H;1-2H3;1-2H3;;;3*1H/q;;;;;;;+3;;;;/p-3/i;;;;;;1D;;;;;. The van der Waals surface area contributed by atoms with Crippen LogP contribution in [0, 0.1) is 10.1 Å². The molecule has 28 heteroatoms. The molecule has 0 spiro atoms. The fourth-order valence-electron chi connectivity index (χ4n) is 13.7. The molecule has 0 aliphatic rings. The second-order valence-electron chi connectivity index (χ2n) is 26.3. The van der Waals surface area contributed by atoms with Gasteiger partial charge in [-0.3, -0.25) is 29.3 Å². The number of carbonyl (C=O) groups is 4. The predicted octanol–water partition coefficient (Wildman–Crippen LogP) is 22.7. The first kappa shape index (κ1) is 97.8. The number of aromatic hydroxyl groups is 2. The second-order valence-corrected chi connectivity index (χ2v) is 39.1. The number of esters is 3. The topological polar surface area (TPSA) is 212 Å². The van der Waals surface area contributed by atoms with E-state index < -0.39 is 28.2 Å². The smallest absolute Gasteiger partial charge is 0.508 e. The number of nitro benzene ring substituents is 1. The molecule has 626 valence electrons. The lowest BCUT2D eigenvalue weighted by Crippen LogP contribution is -2.26. The van der Waals surface area contributed by atoms with E-state index in [0.717, 1.165) is 143 Å². The van der Waals surface area contributed by atoms with Gasteiger partial charge in [-0.05, 0) is 126 Å². The molecule has 0 atom stereocenters. The molecule has 13 aromatic rings. The third-order valence-electron chi connectivity index (χ3n) is 19.4. The van der Waals surface area contributed by atoms with E-state index >= 15 is 0 Å². The first-order chi connectivity index (χ1) is 56.5. The summed E-state index contributed by atoms with van der Waals surface area (Å²) in [4.78, 5) is 61.9. The van der Waals surface area contributed by atoms with Crippen LogP contribution in [0.2, 0.25) is 0 Å². The number of methoxy groups -OCH3 is 1. The Morgan fingerprint density at radius 1 is 0.444 bits per heavy atom. The van der Waals surface area contributed by atoms with Crippen LogP contribution in [0.5, 0.6) is 23.0 Å². The van der Waals surface area contributed by atoms with Gasteiger partial charge in [0.1, 0.15) is 23.0 Å². The molecule has 0 aliphatic carbocycles. The Kier molecular flexibility index (Phi) is 43.6. The highest BCUT2D eigenvalue weighted by Crippen LogP contribution is 2.37. The summed E-state index contributed by atoms with van der Waals surface area (Å²) in [7, 11) is 16.6. The summed E-state index contributed by atoms with van der Waals surface area (Å²) in [5, 5.41) is 39.7. The Bertz CT molecular complexity index is 5290. The highest BCUT2D eigenvalue weighted by Gasteiger charge is 2.19. The number of carbonyl (C=O) groups excluding carboxylic acids is 4. The number of hydrogen-bond acceptors (Lipinski definition) is 15. The van der Waals surface area contributed by atoms with Gasteiger partial charge in [-0.2, -0.15) is 0 Å². The van der Waals surface area contributed by atoms with E-state index in [9.17, 15) is 39.5 Å². The van der Waals surface area contributed by atoms with Crippen molar-refractivity contribution in [3.8, 4) is 23.0 Å². The van der Waals surface area contributed by atoms with Crippen molar-refractivity contribution >= 4 is 209 Å². The minimum Gasteiger partial charge on any atom is -0.508 e. The molecule has 2 N–H and O–H groups in total. The summed E-state index contributed by atoms with van der Waals surface area (Å²) in [6.45, 7) is 41.3. The Balaban J connectivity index is 0.000000254. The van der Waals surface area contributed by atoms with Gasteiger partial charge in [-0.25, -0.2) is 30.1 Å².